The molecule has 0 radical (unpaired) electrons. The average Bonchev–Trinajstić information content (AvgIpc) is 2.08. The summed E-state index contributed by atoms with van der Waals surface area (Å²) in [7, 11) is 1.63. The van der Waals surface area contributed by atoms with Crippen molar-refractivity contribution in [3.8, 4) is 0 Å². The van der Waals surface area contributed by atoms with Gasteiger partial charge in [0.1, 0.15) is 0 Å². The van der Waals surface area contributed by atoms with Crippen molar-refractivity contribution in [2.45, 2.75) is 25.5 Å². The van der Waals surface area contributed by atoms with Crippen LogP contribution in [0.15, 0.2) is 0 Å². The molecule has 0 bridgehead atoms. The predicted octanol–water partition coefficient (Wildman–Crippen LogP) is 0.269. The van der Waals surface area contributed by atoms with Crippen LogP contribution in [0.3, 0.4) is 0 Å². The molecule has 76 valence electrons. The number of ether oxygens (including phenoxy) is 2. The van der Waals surface area contributed by atoms with Crippen LogP contribution in [0.25, 0.3) is 0 Å². The highest BCUT2D eigenvalue weighted by Gasteiger charge is 2.32. The van der Waals surface area contributed by atoms with Gasteiger partial charge in [0.25, 0.3) is 0 Å². The standard InChI is InChI=1S/C9H17NO3/c1-9(2)6-10(7-11)8(4-12-3)5-13-9/h7-8H,4-6H2,1-3H3. The Balaban J connectivity index is 2.55. The maximum Gasteiger partial charge on any atom is 0.210 e. The van der Waals surface area contributed by atoms with E-state index >= 15 is 0 Å². The summed E-state index contributed by atoms with van der Waals surface area (Å²) in [5.74, 6) is 0. The first kappa shape index (κ1) is 10.5. The number of hydrogen-bond donors (Lipinski definition) is 0. The quantitative estimate of drug-likeness (QED) is 0.595. The monoisotopic (exact) mass is 187 g/mol. The molecule has 13 heavy (non-hydrogen) atoms. The Labute approximate surface area is 78.8 Å². The molecule has 0 N–H and O–H groups in total. The zero-order chi connectivity index (χ0) is 9.90. The minimum Gasteiger partial charge on any atom is -0.382 e. The van der Waals surface area contributed by atoms with Gasteiger partial charge in [-0.1, -0.05) is 0 Å². The second-order valence-electron chi connectivity index (χ2n) is 3.96. The molecule has 0 saturated carbocycles. The van der Waals surface area contributed by atoms with E-state index in [1.54, 1.807) is 12.0 Å². The first-order valence-electron chi connectivity index (χ1n) is 4.43. The van der Waals surface area contributed by atoms with Crippen LogP contribution in [0.5, 0.6) is 0 Å². The fraction of sp³-hybridized carbons (Fsp3) is 0.889. The largest absolute Gasteiger partial charge is 0.382 e. The summed E-state index contributed by atoms with van der Waals surface area (Å²) in [4.78, 5) is 12.5. The van der Waals surface area contributed by atoms with Crippen LogP contribution in [0.2, 0.25) is 0 Å². The Bertz CT molecular complexity index is 182. The summed E-state index contributed by atoms with van der Waals surface area (Å²) in [5.41, 5.74) is -0.231. The molecule has 1 saturated heterocycles. The van der Waals surface area contributed by atoms with Gasteiger partial charge in [-0.3, -0.25) is 4.79 Å². The van der Waals surface area contributed by atoms with Gasteiger partial charge in [-0.25, -0.2) is 0 Å². The second-order valence-corrected chi connectivity index (χ2v) is 3.96. The summed E-state index contributed by atoms with van der Waals surface area (Å²) in [5, 5.41) is 0. The van der Waals surface area contributed by atoms with Crippen LogP contribution in [0.4, 0.5) is 0 Å². The van der Waals surface area contributed by atoms with Crippen LogP contribution >= 0.6 is 0 Å². The SMILES string of the molecule is COCC1COC(C)(C)CN1C=O. The Morgan fingerprint density at radius 2 is 2.38 bits per heavy atom. The molecule has 4 heteroatoms. The molecular formula is C9H17NO3. The maximum absolute atomic E-state index is 10.7. The Kier molecular flexibility index (Phi) is 3.27. The van der Waals surface area contributed by atoms with Gasteiger partial charge < -0.3 is 14.4 Å². The van der Waals surface area contributed by atoms with Crippen LogP contribution in [0, 0.1) is 0 Å². The van der Waals surface area contributed by atoms with Crippen molar-refractivity contribution in [1.29, 1.82) is 0 Å². The van der Waals surface area contributed by atoms with Crippen molar-refractivity contribution in [2.75, 3.05) is 26.9 Å². The van der Waals surface area contributed by atoms with Crippen LogP contribution in [-0.2, 0) is 14.3 Å². The number of carbonyl (C=O) groups excluding carboxylic acids is 1. The molecule has 1 fully saturated rings. The third kappa shape index (κ3) is 2.67. The minimum atomic E-state index is -0.231. The van der Waals surface area contributed by atoms with Crippen molar-refractivity contribution < 1.29 is 14.3 Å². The predicted molar refractivity (Wildman–Crippen MR) is 48.5 cm³/mol. The number of morpholine rings is 1. The Morgan fingerprint density at radius 3 is 2.92 bits per heavy atom. The van der Waals surface area contributed by atoms with Gasteiger partial charge >= 0.3 is 0 Å². The normalized spacial score (nSPS) is 27.3. The van der Waals surface area contributed by atoms with Crippen LogP contribution in [0.1, 0.15) is 13.8 Å². The highest BCUT2D eigenvalue weighted by atomic mass is 16.5. The van der Waals surface area contributed by atoms with Crippen molar-refractivity contribution in [2.24, 2.45) is 0 Å². The molecule has 1 heterocycles. The lowest BCUT2D eigenvalue weighted by molar-refractivity contribution is -0.148. The molecule has 1 atom stereocenters. The molecule has 0 aliphatic carbocycles. The van der Waals surface area contributed by atoms with Gasteiger partial charge in [-0.15, -0.1) is 0 Å². The van der Waals surface area contributed by atoms with E-state index < -0.39 is 0 Å². The molecule has 4 nitrogen and oxygen atoms in total. The number of carbonyl (C=O) groups is 1. The molecule has 0 aromatic carbocycles. The number of methoxy groups -OCH3 is 1. The summed E-state index contributed by atoms with van der Waals surface area (Å²) < 4.78 is 10.6. The van der Waals surface area contributed by atoms with Crippen molar-refractivity contribution in [1.82, 2.24) is 4.90 Å². The molecule has 1 amide bonds. The average molecular weight is 187 g/mol. The van der Waals surface area contributed by atoms with Crippen molar-refractivity contribution in [3.05, 3.63) is 0 Å². The van der Waals surface area contributed by atoms with E-state index in [1.165, 1.54) is 0 Å². The maximum atomic E-state index is 10.7. The van der Waals surface area contributed by atoms with Crippen LogP contribution < -0.4 is 0 Å². The molecule has 1 aliphatic rings. The van der Waals surface area contributed by atoms with E-state index in [4.69, 9.17) is 9.47 Å². The van der Waals surface area contributed by atoms with Gasteiger partial charge in [-0.05, 0) is 13.8 Å². The number of amides is 1. The number of nitrogens with zero attached hydrogens (tertiary/aromatic N) is 1. The third-order valence-corrected chi connectivity index (χ3v) is 2.19. The molecule has 1 rings (SSSR count). The second kappa shape index (κ2) is 4.07. The lowest BCUT2D eigenvalue weighted by Crippen LogP contribution is -2.54. The van der Waals surface area contributed by atoms with Crippen molar-refractivity contribution >= 4 is 6.41 Å². The Hall–Kier alpha value is -0.610. The summed E-state index contributed by atoms with van der Waals surface area (Å²) in [6.45, 7) is 5.68. The van der Waals surface area contributed by atoms with E-state index in [1.807, 2.05) is 13.8 Å². The fourth-order valence-electron chi connectivity index (χ4n) is 1.49. The van der Waals surface area contributed by atoms with Gasteiger partial charge in [0.2, 0.25) is 6.41 Å². The molecule has 1 aliphatic heterocycles. The summed E-state index contributed by atoms with van der Waals surface area (Å²) in [6.07, 6.45) is 0.869. The molecule has 0 spiro atoms. The number of hydrogen-bond acceptors (Lipinski definition) is 3. The first-order valence-corrected chi connectivity index (χ1v) is 4.43. The smallest absolute Gasteiger partial charge is 0.210 e. The lowest BCUT2D eigenvalue weighted by Gasteiger charge is -2.41. The molecule has 0 aromatic rings. The minimum absolute atomic E-state index is 0.0653. The highest BCUT2D eigenvalue weighted by molar-refractivity contribution is 5.48. The van der Waals surface area contributed by atoms with E-state index in [-0.39, 0.29) is 11.6 Å². The van der Waals surface area contributed by atoms with E-state index in [0.29, 0.717) is 19.8 Å². The molecule has 0 aromatic heterocycles. The zero-order valence-electron chi connectivity index (χ0n) is 8.45. The lowest BCUT2D eigenvalue weighted by atomic mass is 10.1. The van der Waals surface area contributed by atoms with E-state index in [0.717, 1.165) is 6.41 Å². The topological polar surface area (TPSA) is 38.8 Å². The van der Waals surface area contributed by atoms with Gasteiger partial charge in [0, 0.05) is 13.7 Å². The van der Waals surface area contributed by atoms with Gasteiger partial charge in [-0.2, -0.15) is 0 Å². The molecule has 1 unspecified atom stereocenters. The zero-order valence-corrected chi connectivity index (χ0v) is 8.45. The summed E-state index contributed by atoms with van der Waals surface area (Å²) in [6, 6.07) is 0.0653. The first-order chi connectivity index (χ1) is 6.09. The van der Waals surface area contributed by atoms with Gasteiger partial charge in [0.05, 0.1) is 24.9 Å². The Morgan fingerprint density at radius 1 is 1.69 bits per heavy atom. The number of rotatable bonds is 3. The molecular weight excluding hydrogens is 170 g/mol. The van der Waals surface area contributed by atoms with E-state index in [2.05, 4.69) is 0 Å². The summed E-state index contributed by atoms with van der Waals surface area (Å²) >= 11 is 0. The fourth-order valence-corrected chi connectivity index (χ4v) is 1.49. The third-order valence-electron chi connectivity index (χ3n) is 2.19. The van der Waals surface area contributed by atoms with E-state index in [9.17, 15) is 4.79 Å². The van der Waals surface area contributed by atoms with Crippen molar-refractivity contribution in [3.63, 3.8) is 0 Å². The van der Waals surface area contributed by atoms with Gasteiger partial charge in [0.15, 0.2) is 0 Å². The highest BCUT2D eigenvalue weighted by Crippen LogP contribution is 2.19. The van der Waals surface area contributed by atoms with Crippen LogP contribution in [-0.4, -0.2) is 49.8 Å².